The molecule has 0 saturated carbocycles. The van der Waals surface area contributed by atoms with Crippen LogP contribution in [0.2, 0.25) is 0 Å². The number of rotatable bonds is 8. The quantitative estimate of drug-likeness (QED) is 0.740. The molecule has 0 aliphatic heterocycles. The van der Waals surface area contributed by atoms with Gasteiger partial charge < -0.3 is 5.32 Å². The minimum Gasteiger partial charge on any atom is -0.310 e. The van der Waals surface area contributed by atoms with Gasteiger partial charge in [0, 0.05) is 19.0 Å². The van der Waals surface area contributed by atoms with Crippen LogP contribution in [0, 0.1) is 22.7 Å². The molecule has 0 fully saturated rings. The van der Waals surface area contributed by atoms with Crippen molar-refractivity contribution in [2.75, 3.05) is 6.54 Å². The van der Waals surface area contributed by atoms with Crippen molar-refractivity contribution >= 4 is 0 Å². The molecule has 1 N–H and O–H groups in total. The summed E-state index contributed by atoms with van der Waals surface area (Å²) >= 11 is 0. The topological polar surface area (TPSA) is 35.8 Å². The van der Waals surface area contributed by atoms with E-state index in [1.165, 1.54) is 11.1 Å². The Hall–Kier alpha value is -1.33. The van der Waals surface area contributed by atoms with Gasteiger partial charge in [-0.2, -0.15) is 5.26 Å². The van der Waals surface area contributed by atoms with Gasteiger partial charge in [0.25, 0.3) is 0 Å². The first-order valence-corrected chi connectivity index (χ1v) is 8.03. The molecule has 1 aromatic carbocycles. The van der Waals surface area contributed by atoms with Crippen LogP contribution in [0.4, 0.5) is 0 Å². The number of hydrogen-bond acceptors (Lipinski definition) is 2. The Morgan fingerprint density at radius 1 is 1.14 bits per heavy atom. The molecule has 1 atom stereocenters. The summed E-state index contributed by atoms with van der Waals surface area (Å²) in [7, 11) is 0. The Kier molecular flexibility index (Phi) is 6.92. The van der Waals surface area contributed by atoms with Gasteiger partial charge in [0.1, 0.15) is 0 Å². The first-order valence-electron chi connectivity index (χ1n) is 8.03. The summed E-state index contributed by atoms with van der Waals surface area (Å²) in [5, 5.41) is 12.3. The van der Waals surface area contributed by atoms with Gasteiger partial charge in [0.2, 0.25) is 0 Å². The Morgan fingerprint density at radius 3 is 2.29 bits per heavy atom. The summed E-state index contributed by atoms with van der Waals surface area (Å²) in [6.07, 6.45) is 2.72. The number of hydrogen-bond donors (Lipinski definition) is 1. The summed E-state index contributed by atoms with van der Waals surface area (Å²) in [5.41, 5.74) is 2.91. The monoisotopic (exact) mass is 286 g/mol. The van der Waals surface area contributed by atoms with Crippen LogP contribution in [0.25, 0.3) is 0 Å². The van der Waals surface area contributed by atoms with Crippen LogP contribution >= 0.6 is 0 Å². The highest BCUT2D eigenvalue weighted by Crippen LogP contribution is 2.23. The first-order chi connectivity index (χ1) is 9.84. The zero-order valence-electron chi connectivity index (χ0n) is 14.2. The molecule has 2 nitrogen and oxygen atoms in total. The Labute approximate surface area is 130 Å². The maximum absolute atomic E-state index is 8.70. The molecule has 0 aromatic heterocycles. The highest BCUT2D eigenvalue weighted by Gasteiger charge is 2.18. The molecule has 0 aliphatic carbocycles. The molecule has 0 amide bonds. The molecule has 0 aliphatic rings. The molecule has 0 saturated heterocycles. The fraction of sp³-hybridized carbons (Fsp3) is 0.632. The van der Waals surface area contributed by atoms with Gasteiger partial charge in [-0.15, -0.1) is 0 Å². The van der Waals surface area contributed by atoms with Crippen LogP contribution in [0.3, 0.4) is 0 Å². The minimum atomic E-state index is 0.168. The third kappa shape index (κ3) is 6.78. The Balaban J connectivity index is 2.52. The third-order valence-electron chi connectivity index (χ3n) is 3.92. The van der Waals surface area contributed by atoms with Crippen molar-refractivity contribution in [3.63, 3.8) is 0 Å². The van der Waals surface area contributed by atoms with E-state index in [2.05, 4.69) is 70.3 Å². The summed E-state index contributed by atoms with van der Waals surface area (Å²) in [4.78, 5) is 0. The second-order valence-corrected chi connectivity index (χ2v) is 7.26. The lowest BCUT2D eigenvalue weighted by Crippen LogP contribution is -2.31. The average Bonchev–Trinajstić information content (AvgIpc) is 2.43. The molecule has 1 aromatic rings. The van der Waals surface area contributed by atoms with Crippen molar-refractivity contribution in [3.05, 3.63) is 35.4 Å². The van der Waals surface area contributed by atoms with Crippen molar-refractivity contribution < 1.29 is 0 Å². The van der Waals surface area contributed by atoms with E-state index < -0.39 is 0 Å². The number of benzene rings is 1. The van der Waals surface area contributed by atoms with Crippen molar-refractivity contribution in [2.45, 2.75) is 59.9 Å². The largest absolute Gasteiger partial charge is 0.310 e. The fourth-order valence-electron chi connectivity index (χ4n) is 2.44. The molecule has 21 heavy (non-hydrogen) atoms. The summed E-state index contributed by atoms with van der Waals surface area (Å²) in [6, 6.07) is 11.5. The van der Waals surface area contributed by atoms with Gasteiger partial charge in [0.05, 0.1) is 6.07 Å². The number of nitrogens with zero attached hydrogens (tertiary/aromatic N) is 1. The average molecular weight is 286 g/mol. The van der Waals surface area contributed by atoms with Crippen LogP contribution in [-0.4, -0.2) is 6.54 Å². The van der Waals surface area contributed by atoms with Gasteiger partial charge in [-0.05, 0) is 42.2 Å². The normalized spacial score (nSPS) is 13.2. The second kappa shape index (κ2) is 8.20. The van der Waals surface area contributed by atoms with Crippen LogP contribution in [0.5, 0.6) is 0 Å². The number of nitrogens with one attached hydrogen (secondary N) is 1. The van der Waals surface area contributed by atoms with Gasteiger partial charge in [-0.1, -0.05) is 52.0 Å². The lowest BCUT2D eigenvalue weighted by atomic mass is 9.87. The fourth-order valence-corrected chi connectivity index (χ4v) is 2.44. The molecule has 0 heterocycles. The Bertz CT molecular complexity index is 451. The van der Waals surface area contributed by atoms with Crippen molar-refractivity contribution in [1.29, 1.82) is 5.26 Å². The lowest BCUT2D eigenvalue weighted by Gasteiger charge is -2.26. The standard InChI is InChI=1S/C19H30N2/c1-15(2)13-17-7-9-18(10-8-17)16(3)21-14-19(4,5)11-6-12-20/h7-10,15-16,21H,6,11,13-14H2,1-5H3. The predicted octanol–water partition coefficient (Wildman–Crippen LogP) is 4.87. The van der Waals surface area contributed by atoms with Crippen molar-refractivity contribution in [1.82, 2.24) is 5.32 Å². The van der Waals surface area contributed by atoms with Crippen molar-refractivity contribution in [3.8, 4) is 6.07 Å². The smallest absolute Gasteiger partial charge is 0.0621 e. The van der Waals surface area contributed by atoms with E-state index in [1.807, 2.05) is 0 Å². The van der Waals surface area contributed by atoms with Crippen molar-refractivity contribution in [2.24, 2.45) is 11.3 Å². The van der Waals surface area contributed by atoms with E-state index >= 15 is 0 Å². The maximum atomic E-state index is 8.70. The Morgan fingerprint density at radius 2 is 1.76 bits per heavy atom. The van der Waals surface area contributed by atoms with E-state index in [0.29, 0.717) is 18.4 Å². The molecule has 1 rings (SSSR count). The van der Waals surface area contributed by atoms with Crippen LogP contribution in [0.1, 0.15) is 64.6 Å². The predicted molar refractivity (Wildman–Crippen MR) is 90.0 cm³/mol. The summed E-state index contributed by atoms with van der Waals surface area (Å²) in [6.45, 7) is 12.1. The molecule has 116 valence electrons. The van der Waals surface area contributed by atoms with E-state index in [4.69, 9.17) is 5.26 Å². The highest BCUT2D eigenvalue weighted by atomic mass is 14.9. The highest BCUT2D eigenvalue weighted by molar-refractivity contribution is 5.25. The van der Waals surface area contributed by atoms with Crippen LogP contribution in [0.15, 0.2) is 24.3 Å². The van der Waals surface area contributed by atoms with E-state index in [1.54, 1.807) is 0 Å². The van der Waals surface area contributed by atoms with Crippen LogP contribution < -0.4 is 5.32 Å². The van der Waals surface area contributed by atoms with Gasteiger partial charge >= 0.3 is 0 Å². The van der Waals surface area contributed by atoms with E-state index in [-0.39, 0.29) is 5.41 Å². The molecule has 0 bridgehead atoms. The van der Waals surface area contributed by atoms with Gasteiger partial charge in [-0.3, -0.25) is 0 Å². The van der Waals surface area contributed by atoms with E-state index in [9.17, 15) is 0 Å². The maximum Gasteiger partial charge on any atom is 0.0621 e. The zero-order valence-corrected chi connectivity index (χ0v) is 14.2. The lowest BCUT2D eigenvalue weighted by molar-refractivity contribution is 0.305. The molecule has 1 unspecified atom stereocenters. The number of nitriles is 1. The SMILES string of the molecule is CC(C)Cc1ccc(C(C)NCC(C)(C)CCC#N)cc1. The first kappa shape index (κ1) is 17.7. The molecule has 0 radical (unpaired) electrons. The molecule has 2 heteroatoms. The summed E-state index contributed by atoms with van der Waals surface area (Å²) in [5.74, 6) is 0.701. The van der Waals surface area contributed by atoms with Gasteiger partial charge in [-0.25, -0.2) is 0 Å². The molecular formula is C19H30N2. The third-order valence-corrected chi connectivity index (χ3v) is 3.92. The van der Waals surface area contributed by atoms with E-state index in [0.717, 1.165) is 19.4 Å². The summed E-state index contributed by atoms with van der Waals surface area (Å²) < 4.78 is 0. The van der Waals surface area contributed by atoms with Gasteiger partial charge in [0.15, 0.2) is 0 Å². The molecule has 0 spiro atoms. The second-order valence-electron chi connectivity index (χ2n) is 7.26. The zero-order chi connectivity index (χ0) is 15.9. The minimum absolute atomic E-state index is 0.168. The van der Waals surface area contributed by atoms with Crippen LogP contribution in [-0.2, 0) is 6.42 Å². The molecular weight excluding hydrogens is 256 g/mol.